The average molecular weight is 464 g/mol. The minimum absolute atomic E-state index is 0.00607. The van der Waals surface area contributed by atoms with Gasteiger partial charge in [0, 0.05) is 29.6 Å². The fourth-order valence-electron chi connectivity index (χ4n) is 3.37. The molecule has 1 aliphatic rings. The highest BCUT2D eigenvalue weighted by Gasteiger charge is 2.38. The monoisotopic (exact) mass is 464 g/mol. The maximum Gasteiger partial charge on any atom is 0.408 e. The number of pyridine rings is 1. The summed E-state index contributed by atoms with van der Waals surface area (Å²) < 4.78 is 66.1. The highest BCUT2D eigenvalue weighted by atomic mass is 32.1. The second-order valence-electron chi connectivity index (χ2n) is 7.27. The van der Waals surface area contributed by atoms with Crippen molar-refractivity contribution < 1.29 is 31.9 Å². The van der Waals surface area contributed by atoms with E-state index < -0.39 is 36.2 Å². The number of aliphatic hydroxyl groups is 1. The van der Waals surface area contributed by atoms with Crippen molar-refractivity contribution in [2.75, 3.05) is 5.32 Å². The van der Waals surface area contributed by atoms with E-state index in [1.165, 1.54) is 13.1 Å². The Kier molecular flexibility index (Phi) is 7.10. The molecule has 0 spiro atoms. The molecule has 2 heterocycles. The number of anilines is 1. The van der Waals surface area contributed by atoms with Crippen LogP contribution in [0, 0.1) is 0 Å². The fraction of sp³-hybridized carbons (Fsp3) is 0.526. The van der Waals surface area contributed by atoms with Gasteiger partial charge < -0.3 is 15.7 Å². The molecule has 6 nitrogen and oxygen atoms in total. The van der Waals surface area contributed by atoms with E-state index in [1.807, 2.05) is 0 Å². The van der Waals surface area contributed by atoms with Crippen LogP contribution in [-0.4, -0.2) is 45.3 Å². The minimum atomic E-state index is -4.55. The van der Waals surface area contributed by atoms with E-state index in [1.54, 1.807) is 0 Å². The van der Waals surface area contributed by atoms with Crippen molar-refractivity contribution in [3.63, 3.8) is 0 Å². The van der Waals surface area contributed by atoms with E-state index in [4.69, 9.17) is 0 Å². The van der Waals surface area contributed by atoms with Crippen molar-refractivity contribution >= 4 is 23.1 Å². The summed E-state index contributed by atoms with van der Waals surface area (Å²) in [5.41, 5.74) is -0.516. The van der Waals surface area contributed by atoms with Crippen LogP contribution in [0.4, 0.5) is 27.8 Å². The van der Waals surface area contributed by atoms with E-state index in [-0.39, 0.29) is 33.7 Å². The second kappa shape index (κ2) is 9.43. The molecule has 1 aliphatic carbocycles. The van der Waals surface area contributed by atoms with Crippen LogP contribution in [0.1, 0.15) is 54.4 Å². The summed E-state index contributed by atoms with van der Waals surface area (Å²) in [6.45, 7) is 1.32. The number of aromatic nitrogens is 2. The Morgan fingerprint density at radius 2 is 2.03 bits per heavy atom. The first kappa shape index (κ1) is 23.3. The van der Waals surface area contributed by atoms with Crippen molar-refractivity contribution in [1.82, 2.24) is 15.3 Å². The third kappa shape index (κ3) is 5.67. The predicted molar refractivity (Wildman–Crippen MR) is 105 cm³/mol. The van der Waals surface area contributed by atoms with Crippen molar-refractivity contribution in [3.8, 4) is 10.4 Å². The van der Waals surface area contributed by atoms with E-state index in [0.29, 0.717) is 19.3 Å². The first-order chi connectivity index (χ1) is 14.6. The van der Waals surface area contributed by atoms with Gasteiger partial charge in [0.2, 0.25) is 0 Å². The van der Waals surface area contributed by atoms with Crippen LogP contribution in [0.25, 0.3) is 10.4 Å². The number of amides is 1. The molecule has 12 heteroatoms. The van der Waals surface area contributed by atoms with Crippen LogP contribution >= 0.6 is 11.3 Å². The standard InChI is InChI=1S/C19H21F5N4O2S/c1-2-14(19(22,23)24)28-15-6-11(16(20)21)12(7-25-15)13-8-26-18(31-13)17(30)27-9-3-4-10(29)5-9/h6-10,14,16,29H,2-5H2,1H3,(H,25,28)(H,27,30)/t9-,10-,14+/m1/s1. The van der Waals surface area contributed by atoms with Crippen molar-refractivity contribution in [1.29, 1.82) is 0 Å². The third-order valence-electron chi connectivity index (χ3n) is 5.00. The lowest BCUT2D eigenvalue weighted by Gasteiger charge is -2.21. The van der Waals surface area contributed by atoms with E-state index in [0.717, 1.165) is 23.6 Å². The van der Waals surface area contributed by atoms with Crippen LogP contribution in [0.5, 0.6) is 0 Å². The predicted octanol–water partition coefficient (Wildman–Crippen LogP) is 4.54. The molecule has 2 aromatic heterocycles. The molecule has 1 amide bonds. The Morgan fingerprint density at radius 3 is 2.61 bits per heavy atom. The second-order valence-corrected chi connectivity index (χ2v) is 8.30. The smallest absolute Gasteiger partial charge is 0.393 e. The SMILES string of the molecule is CC[C@H](Nc1cc(C(F)F)c(-c2cnc(C(=O)N[C@@H]3CC[C@@H](O)C3)s2)cn1)C(F)(F)F. The number of thiazole rings is 1. The zero-order valence-corrected chi connectivity index (χ0v) is 17.2. The van der Waals surface area contributed by atoms with E-state index in [9.17, 15) is 31.9 Å². The van der Waals surface area contributed by atoms with Gasteiger partial charge in [-0.05, 0) is 31.7 Å². The Balaban J connectivity index is 1.80. The number of rotatable bonds is 7. The highest BCUT2D eigenvalue weighted by molar-refractivity contribution is 7.17. The summed E-state index contributed by atoms with van der Waals surface area (Å²) >= 11 is 0.879. The van der Waals surface area contributed by atoms with Crippen molar-refractivity contribution in [3.05, 3.63) is 29.0 Å². The van der Waals surface area contributed by atoms with Crippen molar-refractivity contribution in [2.45, 2.75) is 63.4 Å². The topological polar surface area (TPSA) is 87.1 Å². The van der Waals surface area contributed by atoms with Gasteiger partial charge in [-0.2, -0.15) is 13.2 Å². The number of halogens is 5. The number of hydrogen-bond acceptors (Lipinski definition) is 6. The summed E-state index contributed by atoms with van der Waals surface area (Å²) in [7, 11) is 0. The van der Waals surface area contributed by atoms with Gasteiger partial charge in [-0.3, -0.25) is 4.79 Å². The lowest BCUT2D eigenvalue weighted by Crippen LogP contribution is -2.35. The molecule has 170 valence electrons. The molecule has 0 aromatic carbocycles. The zero-order chi connectivity index (χ0) is 22.8. The summed E-state index contributed by atoms with van der Waals surface area (Å²) in [4.78, 5) is 20.4. The average Bonchev–Trinajstić information content (AvgIpc) is 3.34. The molecule has 31 heavy (non-hydrogen) atoms. The molecule has 3 atom stereocenters. The first-order valence-electron chi connectivity index (χ1n) is 9.65. The number of carbonyl (C=O) groups excluding carboxylic acids is 1. The Hall–Kier alpha value is -2.34. The minimum Gasteiger partial charge on any atom is -0.393 e. The number of carbonyl (C=O) groups is 1. The summed E-state index contributed by atoms with van der Waals surface area (Å²) in [5.74, 6) is -0.790. The van der Waals surface area contributed by atoms with E-state index in [2.05, 4.69) is 20.6 Å². The lowest BCUT2D eigenvalue weighted by atomic mass is 10.1. The van der Waals surface area contributed by atoms with Gasteiger partial charge >= 0.3 is 6.18 Å². The maximum absolute atomic E-state index is 13.6. The van der Waals surface area contributed by atoms with Crippen LogP contribution < -0.4 is 10.6 Å². The Labute approximate surface area is 178 Å². The van der Waals surface area contributed by atoms with Gasteiger partial charge in [0.15, 0.2) is 5.01 Å². The zero-order valence-electron chi connectivity index (χ0n) is 16.4. The molecule has 0 unspecified atom stereocenters. The molecular formula is C19H21F5N4O2S. The summed E-state index contributed by atoms with van der Waals surface area (Å²) in [6, 6.07) is -1.21. The Morgan fingerprint density at radius 1 is 1.29 bits per heavy atom. The van der Waals surface area contributed by atoms with Gasteiger partial charge in [-0.1, -0.05) is 6.92 Å². The van der Waals surface area contributed by atoms with Gasteiger partial charge in [-0.25, -0.2) is 18.7 Å². The number of hydrogen-bond donors (Lipinski definition) is 3. The number of nitrogens with zero attached hydrogens (tertiary/aromatic N) is 2. The summed E-state index contributed by atoms with van der Waals surface area (Å²) in [5, 5.41) is 14.5. The normalized spacial score (nSPS) is 20.1. The third-order valence-corrected chi connectivity index (χ3v) is 6.03. The molecule has 1 fully saturated rings. The molecule has 3 N–H and O–H groups in total. The van der Waals surface area contributed by atoms with Crippen LogP contribution in [0.15, 0.2) is 18.5 Å². The first-order valence-corrected chi connectivity index (χ1v) is 10.5. The molecule has 1 saturated carbocycles. The van der Waals surface area contributed by atoms with Crippen molar-refractivity contribution in [2.24, 2.45) is 0 Å². The quantitative estimate of drug-likeness (QED) is 0.524. The molecule has 2 aromatic rings. The number of aliphatic hydroxyl groups excluding tert-OH is 1. The fourth-order valence-corrected chi connectivity index (χ4v) is 4.22. The maximum atomic E-state index is 13.6. The molecule has 0 aliphatic heterocycles. The molecular weight excluding hydrogens is 443 g/mol. The van der Waals surface area contributed by atoms with Gasteiger partial charge in [0.25, 0.3) is 12.3 Å². The van der Waals surface area contributed by atoms with Gasteiger partial charge in [-0.15, -0.1) is 11.3 Å². The molecule has 0 saturated heterocycles. The highest BCUT2D eigenvalue weighted by Crippen LogP contribution is 2.36. The molecule has 0 radical (unpaired) electrons. The number of nitrogens with one attached hydrogen (secondary N) is 2. The largest absolute Gasteiger partial charge is 0.408 e. The van der Waals surface area contributed by atoms with Gasteiger partial charge in [0.1, 0.15) is 11.9 Å². The molecule has 0 bridgehead atoms. The van der Waals surface area contributed by atoms with Crippen LogP contribution in [0.2, 0.25) is 0 Å². The van der Waals surface area contributed by atoms with Crippen LogP contribution in [0.3, 0.4) is 0 Å². The Bertz CT molecular complexity index is 921. The lowest BCUT2D eigenvalue weighted by molar-refractivity contribution is -0.142. The summed E-state index contributed by atoms with van der Waals surface area (Å²) in [6.07, 6.45) is -4.30. The number of alkyl halides is 5. The molecule has 3 rings (SSSR count). The van der Waals surface area contributed by atoms with E-state index >= 15 is 0 Å². The van der Waals surface area contributed by atoms with Crippen LogP contribution in [-0.2, 0) is 0 Å². The van der Waals surface area contributed by atoms with Gasteiger partial charge in [0.05, 0.1) is 11.0 Å².